The predicted molar refractivity (Wildman–Crippen MR) is 138 cm³/mol. The molecule has 0 aliphatic carbocycles. The van der Waals surface area contributed by atoms with E-state index in [1.165, 1.54) is 0 Å². The number of ether oxygens (including phenoxy) is 4. The lowest BCUT2D eigenvalue weighted by Crippen LogP contribution is -2.62. The summed E-state index contributed by atoms with van der Waals surface area (Å²) >= 11 is 0. The Morgan fingerprint density at radius 2 is 1.21 bits per heavy atom. The maximum Gasteiger partial charge on any atom is 0.511 e. The molecule has 1 saturated heterocycles. The van der Waals surface area contributed by atoms with E-state index in [4.69, 9.17) is 18.9 Å². The molecule has 0 radical (unpaired) electrons. The minimum atomic E-state index is -5.67. The van der Waals surface area contributed by atoms with Crippen molar-refractivity contribution in [3.63, 3.8) is 0 Å². The normalized spacial score (nSPS) is 22.0. The van der Waals surface area contributed by atoms with Gasteiger partial charge >= 0.3 is 15.5 Å². The van der Waals surface area contributed by atoms with Crippen molar-refractivity contribution in [2.45, 2.75) is 49.7 Å². The van der Waals surface area contributed by atoms with E-state index in [0.29, 0.717) is 0 Å². The maximum atomic E-state index is 13.3. The first-order chi connectivity index (χ1) is 18.7. The van der Waals surface area contributed by atoms with Crippen LogP contribution in [-0.4, -0.2) is 51.5 Å². The summed E-state index contributed by atoms with van der Waals surface area (Å²) in [7, 11) is -5.67. The molecule has 11 heteroatoms. The summed E-state index contributed by atoms with van der Waals surface area (Å²) in [5, 5.41) is 0. The first-order valence-electron chi connectivity index (χ1n) is 12.4. The number of benzene rings is 3. The number of alkyl halides is 3. The first kappa shape index (κ1) is 29.2. The van der Waals surface area contributed by atoms with Gasteiger partial charge < -0.3 is 18.9 Å². The molecular formula is C28H30F3NO6S. The highest BCUT2D eigenvalue weighted by Gasteiger charge is 2.51. The summed E-state index contributed by atoms with van der Waals surface area (Å²) in [6.45, 7) is 0.107. The SMILES string of the molecule is O=S(=O)(NC1COC(COCc2ccccc2)C(OCc2ccccc2)C1OCc1ccccc1)C(F)(F)F. The van der Waals surface area contributed by atoms with Gasteiger partial charge in [0.2, 0.25) is 0 Å². The van der Waals surface area contributed by atoms with Crippen LogP contribution in [0.5, 0.6) is 0 Å². The van der Waals surface area contributed by atoms with Crippen molar-refractivity contribution >= 4 is 10.0 Å². The fraction of sp³-hybridized carbons (Fsp3) is 0.357. The van der Waals surface area contributed by atoms with E-state index in [-0.39, 0.29) is 33.0 Å². The monoisotopic (exact) mass is 565 g/mol. The molecule has 3 aromatic rings. The second-order valence-corrected chi connectivity index (χ2v) is 10.8. The van der Waals surface area contributed by atoms with Gasteiger partial charge in [-0.1, -0.05) is 91.0 Å². The second kappa shape index (κ2) is 13.5. The summed E-state index contributed by atoms with van der Waals surface area (Å²) in [6.07, 6.45) is -2.78. The Kier molecular flexibility index (Phi) is 10.1. The molecule has 4 atom stereocenters. The van der Waals surface area contributed by atoms with Crippen molar-refractivity contribution in [3.05, 3.63) is 108 Å². The van der Waals surface area contributed by atoms with Crippen LogP contribution in [0.4, 0.5) is 13.2 Å². The lowest BCUT2D eigenvalue weighted by atomic mass is 9.98. The van der Waals surface area contributed by atoms with Gasteiger partial charge in [0, 0.05) is 0 Å². The molecule has 4 unspecified atom stereocenters. The molecule has 0 spiro atoms. The van der Waals surface area contributed by atoms with Crippen LogP contribution in [0.15, 0.2) is 91.0 Å². The number of hydrogen-bond acceptors (Lipinski definition) is 6. The van der Waals surface area contributed by atoms with Crippen LogP contribution in [0.2, 0.25) is 0 Å². The highest BCUT2D eigenvalue weighted by atomic mass is 32.2. The molecule has 0 aromatic heterocycles. The molecule has 1 aliphatic heterocycles. The smallest absolute Gasteiger partial charge is 0.374 e. The number of sulfonamides is 1. The zero-order valence-corrected chi connectivity index (χ0v) is 21.8. The number of rotatable bonds is 12. The quantitative estimate of drug-likeness (QED) is 0.346. The Morgan fingerprint density at radius 3 is 1.69 bits per heavy atom. The Balaban J connectivity index is 1.56. The van der Waals surface area contributed by atoms with Gasteiger partial charge in [0.05, 0.1) is 39.1 Å². The molecule has 3 aromatic carbocycles. The first-order valence-corrected chi connectivity index (χ1v) is 13.8. The third-order valence-corrected chi connectivity index (χ3v) is 7.37. The van der Waals surface area contributed by atoms with E-state index in [1.54, 1.807) is 29.0 Å². The molecule has 1 heterocycles. The number of nitrogens with one attached hydrogen (secondary N) is 1. The Bertz CT molecular complexity index is 1250. The van der Waals surface area contributed by atoms with E-state index in [1.807, 2.05) is 66.7 Å². The van der Waals surface area contributed by atoms with E-state index in [0.717, 1.165) is 16.7 Å². The molecular weight excluding hydrogens is 535 g/mol. The van der Waals surface area contributed by atoms with Crippen LogP contribution in [0.25, 0.3) is 0 Å². The van der Waals surface area contributed by atoms with Gasteiger partial charge in [0.1, 0.15) is 18.3 Å². The van der Waals surface area contributed by atoms with Crippen molar-refractivity contribution in [1.29, 1.82) is 0 Å². The third-order valence-electron chi connectivity index (χ3n) is 6.15. The van der Waals surface area contributed by atoms with Crippen LogP contribution in [0.3, 0.4) is 0 Å². The van der Waals surface area contributed by atoms with E-state index in [2.05, 4.69) is 0 Å². The molecule has 39 heavy (non-hydrogen) atoms. The maximum absolute atomic E-state index is 13.3. The highest BCUT2D eigenvalue weighted by Crippen LogP contribution is 2.28. The Hall–Kier alpha value is -2.80. The van der Waals surface area contributed by atoms with Gasteiger partial charge in [-0.25, -0.2) is 8.42 Å². The molecule has 1 N–H and O–H groups in total. The standard InChI is InChI=1S/C28H30F3NO6S/c29-28(30,31)39(33,34)32-24-19-36-25(20-35-16-21-10-4-1-5-11-21)27(38-18-23-14-8-3-9-15-23)26(24)37-17-22-12-6-2-7-13-22/h1-15,24-27,32H,16-20H2. The average molecular weight is 566 g/mol. The van der Waals surface area contributed by atoms with Gasteiger partial charge in [-0.15, -0.1) is 0 Å². The third kappa shape index (κ3) is 8.34. The average Bonchev–Trinajstić information content (AvgIpc) is 2.93. The van der Waals surface area contributed by atoms with E-state index >= 15 is 0 Å². The molecule has 0 saturated carbocycles. The lowest BCUT2D eigenvalue weighted by molar-refractivity contribution is -0.206. The summed E-state index contributed by atoms with van der Waals surface area (Å²) in [5.41, 5.74) is -2.98. The van der Waals surface area contributed by atoms with E-state index in [9.17, 15) is 21.6 Å². The van der Waals surface area contributed by atoms with Crippen molar-refractivity contribution in [2.75, 3.05) is 13.2 Å². The molecule has 4 rings (SSSR count). The highest BCUT2D eigenvalue weighted by molar-refractivity contribution is 7.90. The fourth-order valence-electron chi connectivity index (χ4n) is 4.18. The van der Waals surface area contributed by atoms with Crippen LogP contribution in [-0.2, 0) is 48.8 Å². The second-order valence-electron chi connectivity index (χ2n) is 9.07. The fourth-order valence-corrected chi connectivity index (χ4v) is 4.92. The topological polar surface area (TPSA) is 83.1 Å². The van der Waals surface area contributed by atoms with Crippen molar-refractivity contribution in [3.8, 4) is 0 Å². The molecule has 1 aliphatic rings. The minimum Gasteiger partial charge on any atom is -0.374 e. The van der Waals surface area contributed by atoms with Gasteiger partial charge in [-0.3, -0.25) is 0 Å². The molecule has 210 valence electrons. The van der Waals surface area contributed by atoms with Crippen molar-refractivity contribution in [1.82, 2.24) is 4.72 Å². The van der Waals surface area contributed by atoms with Crippen LogP contribution >= 0.6 is 0 Å². The van der Waals surface area contributed by atoms with Crippen molar-refractivity contribution < 1.29 is 40.5 Å². The molecule has 1 fully saturated rings. The zero-order chi connectivity index (χ0) is 27.7. The minimum absolute atomic E-state index is 0.0263. The van der Waals surface area contributed by atoms with Crippen LogP contribution < -0.4 is 4.72 Å². The van der Waals surface area contributed by atoms with Gasteiger partial charge in [-0.2, -0.15) is 17.9 Å². The summed E-state index contributed by atoms with van der Waals surface area (Å²) < 4.78 is 89.5. The number of halogens is 3. The van der Waals surface area contributed by atoms with E-state index < -0.39 is 39.9 Å². The summed E-state index contributed by atoms with van der Waals surface area (Å²) in [5.74, 6) is 0. The van der Waals surface area contributed by atoms with Crippen molar-refractivity contribution in [2.24, 2.45) is 0 Å². The predicted octanol–water partition coefficient (Wildman–Crippen LogP) is 4.58. The summed E-state index contributed by atoms with van der Waals surface area (Å²) in [6, 6.07) is 26.3. The summed E-state index contributed by atoms with van der Waals surface area (Å²) in [4.78, 5) is 0. The van der Waals surface area contributed by atoms with Gasteiger partial charge in [0.15, 0.2) is 0 Å². The van der Waals surface area contributed by atoms with Crippen LogP contribution in [0, 0.1) is 0 Å². The van der Waals surface area contributed by atoms with Crippen LogP contribution in [0.1, 0.15) is 16.7 Å². The lowest BCUT2D eigenvalue weighted by Gasteiger charge is -2.42. The molecule has 0 bridgehead atoms. The zero-order valence-electron chi connectivity index (χ0n) is 21.0. The molecule has 7 nitrogen and oxygen atoms in total. The largest absolute Gasteiger partial charge is 0.511 e. The molecule has 0 amide bonds. The van der Waals surface area contributed by atoms with Gasteiger partial charge in [0.25, 0.3) is 0 Å². The Labute approximate surface area is 225 Å². The number of hydrogen-bond donors (Lipinski definition) is 1. The Morgan fingerprint density at radius 1 is 0.744 bits per heavy atom. The van der Waals surface area contributed by atoms with Gasteiger partial charge in [-0.05, 0) is 16.7 Å².